The van der Waals surface area contributed by atoms with Gasteiger partial charge >= 0.3 is 0 Å². The average molecular weight is 1660 g/mol. The minimum absolute atomic E-state index is 0.00224. The molecule has 0 aromatic rings. The molecule has 10 amide bonds. The van der Waals surface area contributed by atoms with E-state index in [1.807, 2.05) is 0 Å². The highest BCUT2D eigenvalue weighted by Crippen LogP contribution is 2.17. The molecule has 0 aromatic carbocycles. The molecule has 28 N–H and O–H groups in total. The van der Waals surface area contributed by atoms with Gasteiger partial charge in [-0.15, -0.1) is 0 Å². The standard InChI is InChI=1S/C82H164N18O12S2/c1-3-5-7-9-11-13-15-17-19-21-23-25-27-37-51-95-79(109)69(59-101)97-81(111)71(99-77(107)67(89)47-33-41-55-93-75(105)65(87)45-31-39-53-91-73(103)63(85)43-29-35-49-83)61-113-57-58-114-62-72(82(112)98-70(60-102)80(110)96-52-38-28-26-24-22-20-18-16-14-12-10-8-6-4-2)100-78(108)68(90)48-34-42-56-94-76(106)66(88)46-32-40-54-92-74(104)64(86)44-30-36-50-84/h63-72,101-102H,3-62,83-90H2,1-2H3,(H,91,103)(H,92,104)(H,93,105)(H,94,106)(H,95,109)(H,96,110)(H,97,111)(H,98,112)(H,99,107)(H,100,108)/t63-,64-,65-,66-,67-,68-,69-,70-,71-,72-/m0/s1. The second-order valence-corrected chi connectivity index (χ2v) is 33.2. The first-order valence-electron chi connectivity index (χ1n) is 44.3. The van der Waals surface area contributed by atoms with E-state index in [9.17, 15) is 58.2 Å². The molecule has 0 aliphatic heterocycles. The van der Waals surface area contributed by atoms with E-state index in [1.165, 1.54) is 152 Å². The van der Waals surface area contributed by atoms with Crippen LogP contribution < -0.4 is 99.0 Å². The monoisotopic (exact) mass is 1660 g/mol. The number of nitrogens with one attached hydrogen (secondary N) is 10. The van der Waals surface area contributed by atoms with E-state index >= 15 is 0 Å². The Balaban J connectivity index is 5.98. The summed E-state index contributed by atoms with van der Waals surface area (Å²) >= 11 is 2.56. The predicted molar refractivity (Wildman–Crippen MR) is 464 cm³/mol. The third-order valence-electron chi connectivity index (χ3n) is 20.4. The van der Waals surface area contributed by atoms with Gasteiger partial charge in [0.25, 0.3) is 0 Å². The molecule has 32 heteroatoms. The Labute approximate surface area is 694 Å². The summed E-state index contributed by atoms with van der Waals surface area (Å²) in [5.74, 6) is -4.27. The van der Waals surface area contributed by atoms with Gasteiger partial charge in [-0.3, -0.25) is 47.9 Å². The van der Waals surface area contributed by atoms with Crippen molar-refractivity contribution in [3.8, 4) is 0 Å². The fraction of sp³-hybridized carbons (Fsp3) is 0.878. The summed E-state index contributed by atoms with van der Waals surface area (Å²) in [5, 5.41) is 48.4. The van der Waals surface area contributed by atoms with Crippen molar-refractivity contribution in [3.63, 3.8) is 0 Å². The number of unbranched alkanes of at least 4 members (excludes halogenated alkanes) is 32. The maximum atomic E-state index is 14.1. The first-order chi connectivity index (χ1) is 55.1. The highest BCUT2D eigenvalue weighted by molar-refractivity contribution is 8.03. The van der Waals surface area contributed by atoms with E-state index in [0.717, 1.165) is 77.0 Å². The Morgan fingerprint density at radius 3 is 0.667 bits per heavy atom. The minimum atomic E-state index is -1.32. The van der Waals surface area contributed by atoms with E-state index in [-0.39, 0.29) is 61.1 Å². The highest BCUT2D eigenvalue weighted by Gasteiger charge is 2.31. The fourth-order valence-corrected chi connectivity index (χ4v) is 15.0. The van der Waals surface area contributed by atoms with Gasteiger partial charge in [0.15, 0.2) is 0 Å². The van der Waals surface area contributed by atoms with Crippen LogP contribution in [0.25, 0.3) is 0 Å². The van der Waals surface area contributed by atoms with Crippen molar-refractivity contribution in [3.05, 3.63) is 0 Å². The van der Waals surface area contributed by atoms with Crippen molar-refractivity contribution < 1.29 is 58.2 Å². The van der Waals surface area contributed by atoms with Crippen LogP contribution in [0.3, 0.4) is 0 Å². The first-order valence-corrected chi connectivity index (χ1v) is 46.6. The van der Waals surface area contributed by atoms with Crippen molar-refractivity contribution in [1.82, 2.24) is 53.2 Å². The number of hydrogen-bond donors (Lipinski definition) is 20. The zero-order valence-corrected chi connectivity index (χ0v) is 72.2. The normalized spacial score (nSPS) is 14.0. The molecule has 666 valence electrons. The van der Waals surface area contributed by atoms with E-state index in [2.05, 4.69) is 67.0 Å². The maximum Gasteiger partial charge on any atom is 0.244 e. The van der Waals surface area contributed by atoms with Gasteiger partial charge in [-0.2, -0.15) is 23.5 Å². The van der Waals surface area contributed by atoms with E-state index in [1.54, 1.807) is 0 Å². The SMILES string of the molecule is CCCCCCCCCCCCCCCCNC(=O)[C@H](CO)NC(=O)[C@H](CSCCSC[C@H](NC(=O)[C@@H](N)CCCCNC(=O)[C@@H](N)CCCCNC(=O)[C@@H](N)CCCCN)C(=O)N[C@@H](CO)C(=O)NCCCCCCCCCCCCCCCC)NC(=O)[C@@H](N)CCCCNC(=O)[C@@H](N)CCCCNC(=O)[C@@H](N)CCCCN. The summed E-state index contributed by atoms with van der Waals surface area (Å²) in [6, 6.07) is -9.92. The molecule has 0 bridgehead atoms. The van der Waals surface area contributed by atoms with E-state index in [0.29, 0.717) is 128 Å². The summed E-state index contributed by atoms with van der Waals surface area (Å²) in [7, 11) is 0. The van der Waals surface area contributed by atoms with Gasteiger partial charge in [0, 0.05) is 62.3 Å². The Hall–Kier alpha value is -5.00. The quantitative estimate of drug-likeness (QED) is 0.0359. The molecule has 0 rings (SSSR count). The summed E-state index contributed by atoms with van der Waals surface area (Å²) < 4.78 is 0. The van der Waals surface area contributed by atoms with Gasteiger partial charge in [-0.05, 0) is 129 Å². The molecule has 0 saturated heterocycles. The molecular formula is C82H164N18O12S2. The van der Waals surface area contributed by atoms with Crippen LogP contribution in [-0.4, -0.2) is 218 Å². The van der Waals surface area contributed by atoms with Crippen LogP contribution in [0.1, 0.15) is 309 Å². The van der Waals surface area contributed by atoms with Crippen LogP contribution in [0.5, 0.6) is 0 Å². The number of aliphatic hydroxyl groups excluding tert-OH is 2. The van der Waals surface area contributed by atoms with Gasteiger partial charge < -0.3 is 109 Å². The Bertz CT molecular complexity index is 2310. The van der Waals surface area contributed by atoms with Crippen molar-refractivity contribution in [2.75, 3.05) is 88.6 Å². The summed E-state index contributed by atoms with van der Waals surface area (Å²) in [5.41, 5.74) is 48.1. The lowest BCUT2D eigenvalue weighted by Gasteiger charge is -2.24. The lowest BCUT2D eigenvalue weighted by Crippen LogP contribution is -2.57. The lowest BCUT2D eigenvalue weighted by molar-refractivity contribution is -0.132. The number of amides is 10. The van der Waals surface area contributed by atoms with Crippen LogP contribution in [0.4, 0.5) is 0 Å². The molecule has 0 unspecified atom stereocenters. The minimum Gasteiger partial charge on any atom is -0.394 e. The summed E-state index contributed by atoms with van der Waals surface area (Å²) in [6.45, 7) is 6.22. The van der Waals surface area contributed by atoms with Crippen molar-refractivity contribution in [1.29, 1.82) is 0 Å². The molecule has 0 heterocycles. The molecule has 0 radical (unpaired) electrons. The third-order valence-corrected chi connectivity index (χ3v) is 22.8. The number of rotatable bonds is 81. The molecular weight excluding hydrogens is 1490 g/mol. The number of aliphatic hydroxyl groups is 2. The molecule has 0 aliphatic carbocycles. The molecule has 0 fully saturated rings. The lowest BCUT2D eigenvalue weighted by atomic mass is 10.0. The number of carbonyl (C=O) groups is 10. The zero-order valence-electron chi connectivity index (χ0n) is 70.6. The summed E-state index contributed by atoms with van der Waals surface area (Å²) in [4.78, 5) is 133. The third kappa shape index (κ3) is 61.3. The van der Waals surface area contributed by atoms with Crippen molar-refractivity contribution >= 4 is 82.6 Å². The van der Waals surface area contributed by atoms with Gasteiger partial charge in [0.1, 0.15) is 24.2 Å². The average Bonchev–Trinajstić information content (AvgIpc) is 0.886. The molecule has 10 atom stereocenters. The summed E-state index contributed by atoms with van der Waals surface area (Å²) in [6.07, 6.45) is 42.8. The molecule has 0 aliphatic rings. The second-order valence-electron chi connectivity index (χ2n) is 30.9. The van der Waals surface area contributed by atoms with Crippen molar-refractivity contribution in [2.24, 2.45) is 45.9 Å². The van der Waals surface area contributed by atoms with Gasteiger partial charge in [0.2, 0.25) is 59.1 Å². The van der Waals surface area contributed by atoms with Crippen LogP contribution in [0.15, 0.2) is 0 Å². The maximum absolute atomic E-state index is 14.1. The highest BCUT2D eigenvalue weighted by atomic mass is 32.2. The Kier molecular flexibility index (Phi) is 73.3. The molecule has 0 spiro atoms. The van der Waals surface area contributed by atoms with E-state index < -0.39 is 109 Å². The van der Waals surface area contributed by atoms with Gasteiger partial charge in [-0.25, -0.2) is 0 Å². The first kappa shape index (κ1) is 109. The number of carbonyl (C=O) groups excluding carboxylic acids is 10. The topological polar surface area (TPSA) is 540 Å². The predicted octanol–water partition coefficient (Wildman–Crippen LogP) is 4.94. The van der Waals surface area contributed by atoms with Gasteiger partial charge in [-0.1, -0.05) is 194 Å². The number of nitrogens with two attached hydrogens (primary N) is 8. The molecule has 30 nitrogen and oxygen atoms in total. The Morgan fingerprint density at radius 2 is 0.439 bits per heavy atom. The second kappa shape index (κ2) is 76.7. The van der Waals surface area contributed by atoms with Crippen LogP contribution in [0.2, 0.25) is 0 Å². The number of thioether (sulfide) groups is 2. The van der Waals surface area contributed by atoms with E-state index in [4.69, 9.17) is 45.9 Å². The van der Waals surface area contributed by atoms with Crippen molar-refractivity contribution in [2.45, 2.75) is 370 Å². The van der Waals surface area contributed by atoms with Gasteiger partial charge in [0.05, 0.1) is 49.5 Å². The molecule has 0 saturated carbocycles. The van der Waals surface area contributed by atoms with Crippen LogP contribution in [0, 0.1) is 0 Å². The van der Waals surface area contributed by atoms with Crippen LogP contribution >= 0.6 is 23.5 Å². The molecule has 114 heavy (non-hydrogen) atoms. The molecule has 0 aromatic heterocycles. The Morgan fingerprint density at radius 1 is 0.246 bits per heavy atom. The zero-order chi connectivity index (χ0) is 84.5. The smallest absolute Gasteiger partial charge is 0.244 e. The van der Waals surface area contributed by atoms with Crippen LogP contribution in [-0.2, 0) is 47.9 Å². The largest absolute Gasteiger partial charge is 0.394 e. The number of hydrogen-bond acceptors (Lipinski definition) is 22. The fourth-order valence-electron chi connectivity index (χ4n) is 12.8.